The van der Waals surface area contributed by atoms with Crippen molar-refractivity contribution in [3.63, 3.8) is 0 Å². The summed E-state index contributed by atoms with van der Waals surface area (Å²) in [6, 6.07) is 15.0. The molecule has 2 N–H and O–H groups in total. The van der Waals surface area contributed by atoms with Gasteiger partial charge in [-0.15, -0.1) is 5.10 Å². The van der Waals surface area contributed by atoms with Crippen molar-refractivity contribution in [1.82, 2.24) is 19.6 Å². The number of pyridine rings is 1. The van der Waals surface area contributed by atoms with Gasteiger partial charge < -0.3 is 10.4 Å². The van der Waals surface area contributed by atoms with Crippen LogP contribution in [-0.4, -0.2) is 31.2 Å². The van der Waals surface area contributed by atoms with Crippen molar-refractivity contribution in [2.75, 3.05) is 11.9 Å². The first kappa shape index (κ1) is 15.1. The lowest BCUT2D eigenvalue weighted by Crippen LogP contribution is -2.08. The molecule has 0 spiro atoms. The summed E-state index contributed by atoms with van der Waals surface area (Å²) < 4.78 is 1.83. The lowest BCUT2D eigenvalue weighted by atomic mass is 10.1. The number of hydrogen-bond acceptors (Lipinski definition) is 5. The van der Waals surface area contributed by atoms with Gasteiger partial charge in [0.25, 0.3) is 0 Å². The summed E-state index contributed by atoms with van der Waals surface area (Å²) >= 11 is 0. The maximum Gasteiger partial charge on any atom is 0.154 e. The Kier molecular flexibility index (Phi) is 4.00. The van der Waals surface area contributed by atoms with E-state index in [1.807, 2.05) is 47.1 Å². The highest BCUT2D eigenvalue weighted by atomic mass is 16.3. The van der Waals surface area contributed by atoms with E-state index in [2.05, 4.69) is 20.4 Å². The summed E-state index contributed by atoms with van der Waals surface area (Å²) in [5.41, 5.74) is 3.92. The lowest BCUT2D eigenvalue weighted by Gasteiger charge is -2.07. The standard InChI is InChI=1S/C19H17N5O/c25-16-3-1-14(2-4-16)7-12-21-18-5-6-19-22-13-17(24(19)23-18)15-8-10-20-11-9-15/h1-6,8-11,13,25H,7,12H2,(H,21,23). The van der Waals surface area contributed by atoms with E-state index in [1.54, 1.807) is 24.5 Å². The van der Waals surface area contributed by atoms with Crippen LogP contribution in [0.2, 0.25) is 0 Å². The van der Waals surface area contributed by atoms with Crippen LogP contribution in [0, 0.1) is 0 Å². The number of benzene rings is 1. The fourth-order valence-electron chi connectivity index (χ4n) is 2.68. The van der Waals surface area contributed by atoms with E-state index in [0.29, 0.717) is 0 Å². The number of fused-ring (bicyclic) bond motifs is 1. The summed E-state index contributed by atoms with van der Waals surface area (Å²) in [7, 11) is 0. The fourth-order valence-corrected chi connectivity index (χ4v) is 2.68. The number of nitrogens with one attached hydrogen (secondary N) is 1. The quantitative estimate of drug-likeness (QED) is 0.587. The molecule has 0 saturated heterocycles. The molecule has 3 aromatic heterocycles. The summed E-state index contributed by atoms with van der Waals surface area (Å²) in [5.74, 6) is 1.08. The average Bonchev–Trinajstić information content (AvgIpc) is 3.07. The Balaban J connectivity index is 1.51. The number of phenols is 1. The Hall–Kier alpha value is -3.41. The molecular formula is C19H17N5O. The van der Waals surface area contributed by atoms with E-state index in [0.717, 1.165) is 41.3 Å². The fraction of sp³-hybridized carbons (Fsp3) is 0.105. The van der Waals surface area contributed by atoms with Crippen LogP contribution in [0.5, 0.6) is 5.75 Å². The lowest BCUT2D eigenvalue weighted by molar-refractivity contribution is 0.475. The van der Waals surface area contributed by atoms with Crippen molar-refractivity contribution in [3.8, 4) is 17.0 Å². The van der Waals surface area contributed by atoms with Crippen molar-refractivity contribution < 1.29 is 5.11 Å². The van der Waals surface area contributed by atoms with Gasteiger partial charge in [0.1, 0.15) is 11.6 Å². The summed E-state index contributed by atoms with van der Waals surface area (Å²) in [4.78, 5) is 8.45. The van der Waals surface area contributed by atoms with Gasteiger partial charge in [-0.05, 0) is 48.4 Å². The zero-order chi connectivity index (χ0) is 17.1. The molecule has 0 amide bonds. The van der Waals surface area contributed by atoms with Crippen LogP contribution in [0.25, 0.3) is 16.9 Å². The molecule has 3 heterocycles. The van der Waals surface area contributed by atoms with Crippen molar-refractivity contribution in [1.29, 1.82) is 0 Å². The summed E-state index contributed by atoms with van der Waals surface area (Å²) in [6.07, 6.45) is 6.18. The molecule has 4 aromatic rings. The van der Waals surface area contributed by atoms with Crippen molar-refractivity contribution in [3.05, 3.63) is 72.7 Å². The predicted molar refractivity (Wildman–Crippen MR) is 96.5 cm³/mol. The van der Waals surface area contributed by atoms with E-state index < -0.39 is 0 Å². The number of anilines is 1. The van der Waals surface area contributed by atoms with E-state index in [9.17, 15) is 5.11 Å². The molecule has 4 rings (SSSR count). The Labute approximate surface area is 144 Å². The van der Waals surface area contributed by atoms with E-state index in [4.69, 9.17) is 0 Å². The molecule has 0 bridgehead atoms. The molecule has 6 heteroatoms. The number of imidazole rings is 1. The topological polar surface area (TPSA) is 75.3 Å². The zero-order valence-corrected chi connectivity index (χ0v) is 13.5. The first-order chi connectivity index (χ1) is 12.3. The van der Waals surface area contributed by atoms with Crippen molar-refractivity contribution in [2.45, 2.75) is 6.42 Å². The Bertz CT molecular complexity index is 980. The molecule has 0 radical (unpaired) electrons. The third-order valence-corrected chi connectivity index (χ3v) is 3.99. The Morgan fingerprint density at radius 2 is 1.76 bits per heavy atom. The minimum Gasteiger partial charge on any atom is -0.508 e. The number of rotatable bonds is 5. The van der Waals surface area contributed by atoms with E-state index in [1.165, 1.54) is 0 Å². The van der Waals surface area contributed by atoms with Gasteiger partial charge in [-0.3, -0.25) is 4.98 Å². The molecule has 25 heavy (non-hydrogen) atoms. The molecule has 6 nitrogen and oxygen atoms in total. The maximum absolute atomic E-state index is 9.32. The molecule has 0 unspecified atom stereocenters. The van der Waals surface area contributed by atoms with Gasteiger partial charge in [0.2, 0.25) is 0 Å². The van der Waals surface area contributed by atoms with Gasteiger partial charge in [0.05, 0.1) is 11.9 Å². The molecule has 0 fully saturated rings. The van der Waals surface area contributed by atoms with Crippen LogP contribution >= 0.6 is 0 Å². The van der Waals surface area contributed by atoms with Crippen molar-refractivity contribution >= 4 is 11.5 Å². The molecule has 0 aliphatic rings. The van der Waals surface area contributed by atoms with E-state index in [-0.39, 0.29) is 5.75 Å². The normalized spacial score (nSPS) is 10.9. The zero-order valence-electron chi connectivity index (χ0n) is 13.5. The highest BCUT2D eigenvalue weighted by molar-refractivity contribution is 5.63. The smallest absolute Gasteiger partial charge is 0.154 e. The minimum atomic E-state index is 0.285. The number of nitrogens with zero attached hydrogens (tertiary/aromatic N) is 4. The largest absolute Gasteiger partial charge is 0.508 e. The minimum absolute atomic E-state index is 0.285. The monoisotopic (exact) mass is 331 g/mol. The van der Waals surface area contributed by atoms with Gasteiger partial charge in [0.15, 0.2) is 5.65 Å². The molecule has 0 atom stereocenters. The third kappa shape index (κ3) is 3.28. The van der Waals surface area contributed by atoms with Crippen molar-refractivity contribution in [2.24, 2.45) is 0 Å². The highest BCUT2D eigenvalue weighted by Crippen LogP contribution is 2.20. The van der Waals surface area contributed by atoms with Crippen LogP contribution in [-0.2, 0) is 6.42 Å². The Morgan fingerprint density at radius 3 is 2.56 bits per heavy atom. The van der Waals surface area contributed by atoms with Crippen LogP contribution in [0.1, 0.15) is 5.56 Å². The summed E-state index contributed by atoms with van der Waals surface area (Å²) in [6.45, 7) is 0.753. The molecule has 0 aliphatic carbocycles. The van der Waals surface area contributed by atoms with Crippen LogP contribution in [0.3, 0.4) is 0 Å². The first-order valence-electron chi connectivity index (χ1n) is 8.06. The number of aromatic hydroxyl groups is 1. The molecular weight excluding hydrogens is 314 g/mol. The van der Waals surface area contributed by atoms with Crippen LogP contribution in [0.4, 0.5) is 5.82 Å². The van der Waals surface area contributed by atoms with Gasteiger partial charge >= 0.3 is 0 Å². The number of hydrogen-bond donors (Lipinski definition) is 2. The SMILES string of the molecule is Oc1ccc(CCNc2ccc3ncc(-c4ccncc4)n3n2)cc1. The highest BCUT2D eigenvalue weighted by Gasteiger charge is 2.07. The number of aromatic nitrogens is 4. The van der Waals surface area contributed by atoms with Gasteiger partial charge in [-0.2, -0.15) is 0 Å². The maximum atomic E-state index is 9.32. The third-order valence-electron chi connectivity index (χ3n) is 3.99. The number of phenolic OH excluding ortho intramolecular Hbond substituents is 1. The Morgan fingerprint density at radius 1 is 0.960 bits per heavy atom. The second kappa shape index (κ2) is 6.60. The second-order valence-electron chi connectivity index (χ2n) is 5.71. The van der Waals surface area contributed by atoms with Gasteiger partial charge in [0, 0.05) is 24.5 Å². The molecule has 1 aromatic carbocycles. The molecule has 0 saturated carbocycles. The van der Waals surface area contributed by atoms with Gasteiger partial charge in [-0.1, -0.05) is 12.1 Å². The van der Waals surface area contributed by atoms with Crippen LogP contribution < -0.4 is 5.32 Å². The van der Waals surface area contributed by atoms with E-state index >= 15 is 0 Å². The first-order valence-corrected chi connectivity index (χ1v) is 8.06. The van der Waals surface area contributed by atoms with Crippen LogP contribution in [0.15, 0.2) is 67.1 Å². The van der Waals surface area contributed by atoms with Gasteiger partial charge in [-0.25, -0.2) is 9.50 Å². The molecule has 124 valence electrons. The predicted octanol–water partition coefficient (Wildman–Crippen LogP) is 3.15. The average molecular weight is 331 g/mol. The summed E-state index contributed by atoms with van der Waals surface area (Å²) in [5, 5.41) is 17.3. The molecule has 0 aliphatic heterocycles. The second-order valence-corrected chi connectivity index (χ2v) is 5.71.